The van der Waals surface area contributed by atoms with E-state index in [0.29, 0.717) is 22.3 Å². The molecule has 1 amide bonds. The largest absolute Gasteiger partial charge is 0.322 e. The summed E-state index contributed by atoms with van der Waals surface area (Å²) in [7, 11) is -1.39. The number of fused-ring (bicyclic) bond motifs is 1. The van der Waals surface area contributed by atoms with Crippen LogP contribution in [-0.2, 0) is 22.6 Å². The third-order valence-corrected chi connectivity index (χ3v) is 7.71. The van der Waals surface area contributed by atoms with Crippen molar-refractivity contribution >= 4 is 32.5 Å². The normalized spacial score (nSPS) is 15.5. The first-order valence-electron chi connectivity index (χ1n) is 9.84. The fraction of sp³-hybridized carbons (Fsp3) is 0.381. The minimum atomic E-state index is -3.19. The maximum absolute atomic E-state index is 12.7. The summed E-state index contributed by atoms with van der Waals surface area (Å²) in [6.45, 7) is 0. The van der Waals surface area contributed by atoms with Gasteiger partial charge in [-0.25, -0.2) is 13.1 Å². The van der Waals surface area contributed by atoms with E-state index in [9.17, 15) is 13.2 Å². The molecule has 1 aliphatic rings. The topological polar surface area (TPSA) is 93.9 Å². The first-order chi connectivity index (χ1) is 13.9. The molecule has 7 nitrogen and oxygen atoms in total. The summed E-state index contributed by atoms with van der Waals surface area (Å²) < 4.78 is 27.1. The molecule has 0 radical (unpaired) electrons. The van der Waals surface area contributed by atoms with Gasteiger partial charge in [-0.3, -0.25) is 4.79 Å². The van der Waals surface area contributed by atoms with E-state index < -0.39 is 9.84 Å². The number of rotatable bonds is 5. The molecule has 4 rings (SSSR count). The van der Waals surface area contributed by atoms with E-state index in [4.69, 9.17) is 0 Å². The number of carbonyl (C=O) groups excluding carboxylic acids is 1. The Bertz CT molecular complexity index is 1150. The Kier molecular flexibility index (Phi) is 5.36. The van der Waals surface area contributed by atoms with Crippen molar-refractivity contribution in [1.29, 1.82) is 0 Å². The predicted octanol–water partition coefficient (Wildman–Crippen LogP) is 3.47. The average Bonchev–Trinajstić information content (AvgIpc) is 3.09. The lowest BCUT2D eigenvalue weighted by atomic mass is 10.0. The molecule has 2 aromatic carbocycles. The second-order valence-corrected chi connectivity index (χ2v) is 9.92. The highest BCUT2D eigenvalue weighted by Crippen LogP contribution is 2.27. The van der Waals surface area contributed by atoms with Gasteiger partial charge in [-0.15, -0.1) is 5.10 Å². The second-order valence-electron chi connectivity index (χ2n) is 7.64. The number of hydrogen-bond donors (Lipinski definition) is 1. The molecule has 0 spiro atoms. The van der Waals surface area contributed by atoms with Crippen LogP contribution in [0, 0.1) is 0 Å². The number of amides is 1. The van der Waals surface area contributed by atoms with Crippen LogP contribution in [0.4, 0.5) is 5.69 Å². The van der Waals surface area contributed by atoms with Gasteiger partial charge in [-0.1, -0.05) is 36.6 Å². The van der Waals surface area contributed by atoms with E-state index in [1.165, 1.54) is 0 Å². The maximum Gasteiger partial charge on any atom is 0.255 e. The summed E-state index contributed by atoms with van der Waals surface area (Å²) in [5.41, 5.74) is 3.23. The van der Waals surface area contributed by atoms with Crippen molar-refractivity contribution in [3.05, 3.63) is 53.6 Å². The molecule has 0 unspecified atom stereocenters. The number of anilines is 1. The number of benzene rings is 2. The molecular weight excluding hydrogens is 388 g/mol. The molecule has 1 N–H and O–H groups in total. The van der Waals surface area contributed by atoms with Crippen LogP contribution in [0.2, 0.25) is 0 Å². The zero-order chi connectivity index (χ0) is 20.4. The monoisotopic (exact) mass is 412 g/mol. The van der Waals surface area contributed by atoms with Crippen LogP contribution in [0.15, 0.2) is 42.5 Å². The number of aromatic nitrogens is 3. The fourth-order valence-electron chi connectivity index (χ4n) is 3.90. The standard InChI is InChI=1S/C21H24N4O3S/c1-25-20-11-10-16(13-19(20)23-24-25)21(26)22-17-7-5-6-15(12-17)14-29(27,28)18-8-3-2-4-9-18/h5-7,10-13,18H,2-4,8-9,14H2,1H3,(H,22,26). The van der Waals surface area contributed by atoms with Crippen molar-refractivity contribution in [3.63, 3.8) is 0 Å². The Morgan fingerprint density at radius 2 is 1.93 bits per heavy atom. The van der Waals surface area contributed by atoms with Gasteiger partial charge < -0.3 is 5.32 Å². The van der Waals surface area contributed by atoms with E-state index in [1.807, 2.05) is 0 Å². The fourth-order valence-corrected chi connectivity index (χ4v) is 5.83. The highest BCUT2D eigenvalue weighted by molar-refractivity contribution is 7.91. The Morgan fingerprint density at radius 1 is 1.14 bits per heavy atom. The summed E-state index contributed by atoms with van der Waals surface area (Å²) in [6.07, 6.45) is 4.59. The molecule has 3 aromatic rings. The minimum absolute atomic E-state index is 0.00689. The van der Waals surface area contributed by atoms with Crippen molar-refractivity contribution in [2.75, 3.05) is 5.32 Å². The maximum atomic E-state index is 12.7. The minimum Gasteiger partial charge on any atom is -0.322 e. The third-order valence-electron chi connectivity index (χ3n) is 5.49. The van der Waals surface area contributed by atoms with Crippen LogP contribution in [-0.4, -0.2) is 34.6 Å². The lowest BCUT2D eigenvalue weighted by Crippen LogP contribution is -2.25. The van der Waals surface area contributed by atoms with Gasteiger partial charge in [-0.05, 0) is 48.7 Å². The van der Waals surface area contributed by atoms with Crippen molar-refractivity contribution in [2.45, 2.75) is 43.1 Å². The lowest BCUT2D eigenvalue weighted by Gasteiger charge is -2.21. The van der Waals surface area contributed by atoms with Crippen LogP contribution in [0.3, 0.4) is 0 Å². The van der Waals surface area contributed by atoms with Gasteiger partial charge in [0.1, 0.15) is 5.52 Å². The van der Waals surface area contributed by atoms with Gasteiger partial charge in [-0.2, -0.15) is 0 Å². The molecule has 0 bridgehead atoms. The molecule has 1 saturated carbocycles. The summed E-state index contributed by atoms with van der Waals surface area (Å²) in [5, 5.41) is 10.6. The second kappa shape index (κ2) is 7.94. The SMILES string of the molecule is Cn1nnc2cc(C(=O)Nc3cccc(CS(=O)(=O)C4CCCCC4)c3)ccc21. The molecule has 0 saturated heterocycles. The van der Waals surface area contributed by atoms with Gasteiger partial charge in [0.15, 0.2) is 9.84 Å². The molecule has 0 atom stereocenters. The quantitative estimate of drug-likeness (QED) is 0.692. The van der Waals surface area contributed by atoms with Gasteiger partial charge in [0.25, 0.3) is 5.91 Å². The number of sulfone groups is 1. The predicted molar refractivity (Wildman–Crippen MR) is 112 cm³/mol. The summed E-state index contributed by atoms with van der Waals surface area (Å²) in [5.74, 6) is -0.266. The van der Waals surface area contributed by atoms with Gasteiger partial charge >= 0.3 is 0 Å². The van der Waals surface area contributed by atoms with Crippen molar-refractivity contribution < 1.29 is 13.2 Å². The Morgan fingerprint density at radius 3 is 2.72 bits per heavy atom. The molecule has 29 heavy (non-hydrogen) atoms. The first-order valence-corrected chi connectivity index (χ1v) is 11.6. The molecule has 1 aromatic heterocycles. The van der Waals surface area contributed by atoms with Gasteiger partial charge in [0, 0.05) is 18.3 Å². The highest BCUT2D eigenvalue weighted by atomic mass is 32.2. The molecule has 8 heteroatoms. The Balaban J connectivity index is 1.48. The van der Waals surface area contributed by atoms with Gasteiger partial charge in [0.05, 0.1) is 16.5 Å². The van der Waals surface area contributed by atoms with E-state index in [2.05, 4.69) is 15.6 Å². The molecule has 1 aliphatic carbocycles. The van der Waals surface area contributed by atoms with Crippen LogP contribution >= 0.6 is 0 Å². The number of nitrogens with zero attached hydrogens (tertiary/aromatic N) is 3. The van der Waals surface area contributed by atoms with Crippen LogP contribution in [0.5, 0.6) is 0 Å². The molecule has 152 valence electrons. The highest BCUT2D eigenvalue weighted by Gasteiger charge is 2.27. The number of hydrogen-bond acceptors (Lipinski definition) is 5. The summed E-state index contributed by atoms with van der Waals surface area (Å²) in [6, 6.07) is 12.3. The summed E-state index contributed by atoms with van der Waals surface area (Å²) in [4.78, 5) is 12.6. The smallest absolute Gasteiger partial charge is 0.255 e. The molecule has 1 fully saturated rings. The van der Waals surface area contributed by atoms with Crippen LogP contribution < -0.4 is 5.32 Å². The average molecular weight is 413 g/mol. The van der Waals surface area contributed by atoms with Gasteiger partial charge in [0.2, 0.25) is 0 Å². The van der Waals surface area contributed by atoms with E-state index in [0.717, 1.165) is 37.6 Å². The van der Waals surface area contributed by atoms with Crippen LogP contribution in [0.1, 0.15) is 48.0 Å². The van der Waals surface area contributed by atoms with E-state index >= 15 is 0 Å². The van der Waals surface area contributed by atoms with Crippen molar-refractivity contribution in [1.82, 2.24) is 15.0 Å². The first kappa shape index (κ1) is 19.6. The van der Waals surface area contributed by atoms with E-state index in [1.54, 1.807) is 54.2 Å². The third kappa shape index (κ3) is 4.32. The molecule has 1 heterocycles. The number of carbonyl (C=O) groups is 1. The Labute approximate surface area is 170 Å². The van der Waals surface area contributed by atoms with E-state index in [-0.39, 0.29) is 16.9 Å². The number of aryl methyl sites for hydroxylation is 1. The Hall–Kier alpha value is -2.74. The molecular formula is C21H24N4O3S. The van der Waals surface area contributed by atoms with Crippen LogP contribution in [0.25, 0.3) is 11.0 Å². The lowest BCUT2D eigenvalue weighted by molar-refractivity contribution is 0.102. The molecule has 0 aliphatic heterocycles. The van der Waals surface area contributed by atoms with Crippen molar-refractivity contribution in [3.8, 4) is 0 Å². The zero-order valence-electron chi connectivity index (χ0n) is 16.3. The zero-order valence-corrected chi connectivity index (χ0v) is 17.2. The number of nitrogens with one attached hydrogen (secondary N) is 1. The summed E-state index contributed by atoms with van der Waals surface area (Å²) >= 11 is 0. The van der Waals surface area contributed by atoms with Crippen molar-refractivity contribution in [2.24, 2.45) is 7.05 Å².